The number of hydrogen-bond acceptors (Lipinski definition) is 5. The number of carbonyl (C=O) groups is 2. The number of methoxy groups -OCH3 is 1. The van der Waals surface area contributed by atoms with E-state index in [9.17, 15) is 14.7 Å². The summed E-state index contributed by atoms with van der Waals surface area (Å²) in [6.45, 7) is 7.63. The lowest BCUT2D eigenvalue weighted by Gasteiger charge is -2.40. The summed E-state index contributed by atoms with van der Waals surface area (Å²) in [6, 6.07) is 20.5. The Morgan fingerprint density at radius 3 is 2.48 bits per heavy atom. The van der Waals surface area contributed by atoms with Crippen LogP contribution in [0.15, 0.2) is 72.9 Å². The van der Waals surface area contributed by atoms with E-state index >= 15 is 4.39 Å². The third-order valence-electron chi connectivity index (χ3n) is 9.35. The van der Waals surface area contributed by atoms with Crippen molar-refractivity contribution < 1.29 is 28.6 Å². The predicted octanol–water partition coefficient (Wildman–Crippen LogP) is 7.72. The van der Waals surface area contributed by atoms with Crippen LogP contribution in [0.2, 0.25) is 0 Å². The molecule has 1 aliphatic carbocycles. The number of likely N-dealkylation sites (tertiary alicyclic amines) is 1. The van der Waals surface area contributed by atoms with Gasteiger partial charge in [0.25, 0.3) is 0 Å². The van der Waals surface area contributed by atoms with Gasteiger partial charge in [-0.1, -0.05) is 42.5 Å². The fraction of sp³-hybridized carbons (Fsp3) is 0.436. The molecule has 0 spiro atoms. The van der Waals surface area contributed by atoms with Gasteiger partial charge >= 0.3 is 6.09 Å². The van der Waals surface area contributed by atoms with E-state index < -0.39 is 17.6 Å². The Morgan fingerprint density at radius 1 is 1.00 bits per heavy atom. The molecule has 8 nitrogen and oxygen atoms in total. The standard InChI is InChI=1S/C39H46FN3O5/c1-39(2,3)48-38(46)42-18-16-32(28-20-27(21-31(44)22-28)26-10-6-5-7-11-26)33(25-42)37(45)43(30-14-15-30)24-29-23-41(17-9-19-47-4)35-13-8-12-34(40)36(29)35/h5-8,10-13,20-23,30,32-33,44H,9,14-19,24-25H2,1-4H3/t32-,33?/m1/s1. The predicted molar refractivity (Wildman–Crippen MR) is 184 cm³/mol. The maximum absolute atomic E-state index is 15.4. The molecule has 2 amide bonds. The third-order valence-corrected chi connectivity index (χ3v) is 9.35. The van der Waals surface area contributed by atoms with Crippen molar-refractivity contribution >= 4 is 22.9 Å². The van der Waals surface area contributed by atoms with Gasteiger partial charge in [0.05, 0.1) is 11.4 Å². The van der Waals surface area contributed by atoms with Crippen LogP contribution in [0.5, 0.6) is 5.75 Å². The summed E-state index contributed by atoms with van der Waals surface area (Å²) < 4.78 is 28.5. The summed E-state index contributed by atoms with van der Waals surface area (Å²) in [6.07, 6.45) is 4.58. The average molecular weight is 656 g/mol. The quantitative estimate of drug-likeness (QED) is 0.177. The Bertz CT molecular complexity index is 1760. The number of halogens is 1. The van der Waals surface area contributed by atoms with E-state index in [0.717, 1.165) is 47.0 Å². The van der Waals surface area contributed by atoms with Gasteiger partial charge in [-0.15, -0.1) is 0 Å². The molecule has 254 valence electrons. The zero-order valence-electron chi connectivity index (χ0n) is 28.3. The number of ether oxygens (including phenoxy) is 2. The van der Waals surface area contributed by atoms with Gasteiger partial charge in [-0.25, -0.2) is 9.18 Å². The van der Waals surface area contributed by atoms with Crippen molar-refractivity contribution in [3.8, 4) is 16.9 Å². The number of amides is 2. The van der Waals surface area contributed by atoms with Crippen LogP contribution in [0, 0.1) is 11.7 Å². The van der Waals surface area contributed by atoms with Crippen LogP contribution in [0.25, 0.3) is 22.0 Å². The Kier molecular flexibility index (Phi) is 9.78. The molecule has 2 aliphatic rings. The minimum absolute atomic E-state index is 0.0396. The van der Waals surface area contributed by atoms with Crippen molar-refractivity contribution in [2.75, 3.05) is 26.8 Å². The molecular weight excluding hydrogens is 609 g/mol. The molecule has 4 aromatic rings. The minimum atomic E-state index is -0.676. The number of hydrogen-bond donors (Lipinski definition) is 1. The molecule has 1 N–H and O–H groups in total. The highest BCUT2D eigenvalue weighted by atomic mass is 19.1. The van der Waals surface area contributed by atoms with Crippen LogP contribution >= 0.6 is 0 Å². The number of rotatable bonds is 10. The lowest BCUT2D eigenvalue weighted by molar-refractivity contribution is -0.139. The smallest absolute Gasteiger partial charge is 0.410 e. The first-order valence-corrected chi connectivity index (χ1v) is 17.0. The van der Waals surface area contributed by atoms with Crippen molar-refractivity contribution in [1.82, 2.24) is 14.4 Å². The molecule has 6 rings (SSSR count). The molecule has 1 unspecified atom stereocenters. The lowest BCUT2D eigenvalue weighted by atomic mass is 9.78. The van der Waals surface area contributed by atoms with E-state index in [1.165, 1.54) is 6.07 Å². The van der Waals surface area contributed by atoms with Crippen molar-refractivity contribution in [2.45, 2.75) is 77.1 Å². The Hall–Kier alpha value is -4.37. The number of aromatic nitrogens is 1. The van der Waals surface area contributed by atoms with Crippen molar-refractivity contribution in [1.29, 1.82) is 0 Å². The molecule has 1 aliphatic heterocycles. The molecule has 1 aromatic heterocycles. The van der Waals surface area contributed by atoms with Gasteiger partial charge in [0.1, 0.15) is 17.2 Å². The maximum atomic E-state index is 15.4. The van der Waals surface area contributed by atoms with Crippen LogP contribution in [0.3, 0.4) is 0 Å². The summed E-state index contributed by atoms with van der Waals surface area (Å²) in [5.41, 5.74) is 3.57. The molecule has 48 heavy (non-hydrogen) atoms. The van der Waals surface area contributed by atoms with E-state index in [4.69, 9.17) is 9.47 Å². The van der Waals surface area contributed by atoms with Gasteiger partial charge in [0.15, 0.2) is 0 Å². The van der Waals surface area contributed by atoms with Crippen LogP contribution in [-0.2, 0) is 27.4 Å². The second-order valence-electron chi connectivity index (χ2n) is 14.1. The van der Waals surface area contributed by atoms with Crippen LogP contribution in [-0.4, -0.2) is 69.9 Å². The first-order valence-electron chi connectivity index (χ1n) is 17.0. The maximum Gasteiger partial charge on any atom is 0.410 e. The number of nitrogens with zero attached hydrogens (tertiary/aromatic N) is 3. The minimum Gasteiger partial charge on any atom is -0.508 e. The number of fused-ring (bicyclic) bond motifs is 1. The Morgan fingerprint density at radius 2 is 1.77 bits per heavy atom. The molecule has 1 saturated carbocycles. The number of carbonyl (C=O) groups excluding carboxylic acids is 2. The topological polar surface area (TPSA) is 84.2 Å². The Labute approximate surface area is 282 Å². The molecule has 0 radical (unpaired) electrons. The van der Waals surface area contributed by atoms with E-state index in [1.54, 1.807) is 30.2 Å². The average Bonchev–Trinajstić information content (AvgIpc) is 3.84. The molecule has 2 atom stereocenters. The number of phenolic OH excluding ortho intramolecular Hbond substituents is 1. The summed E-state index contributed by atoms with van der Waals surface area (Å²) in [5.74, 6) is -1.09. The highest BCUT2D eigenvalue weighted by Gasteiger charge is 2.43. The van der Waals surface area contributed by atoms with Crippen LogP contribution < -0.4 is 0 Å². The first-order chi connectivity index (χ1) is 23.0. The fourth-order valence-electron chi connectivity index (χ4n) is 6.99. The van der Waals surface area contributed by atoms with E-state index in [1.807, 2.05) is 78.9 Å². The molecule has 2 heterocycles. The second kappa shape index (κ2) is 14.0. The molecule has 2 fully saturated rings. The number of aryl methyl sites for hydroxylation is 1. The van der Waals surface area contributed by atoms with Gasteiger partial charge in [-0.3, -0.25) is 4.79 Å². The normalized spacial score (nSPS) is 18.2. The summed E-state index contributed by atoms with van der Waals surface area (Å²) in [7, 11) is 1.67. The molecule has 1 saturated heterocycles. The lowest BCUT2D eigenvalue weighted by Crippen LogP contribution is -2.51. The molecule has 0 bridgehead atoms. The Balaban J connectivity index is 1.36. The van der Waals surface area contributed by atoms with Crippen molar-refractivity contribution in [3.05, 3.63) is 89.9 Å². The first kappa shape index (κ1) is 33.5. The monoisotopic (exact) mass is 655 g/mol. The summed E-state index contributed by atoms with van der Waals surface area (Å²) in [4.78, 5) is 31.7. The number of benzene rings is 3. The van der Waals surface area contributed by atoms with Crippen LogP contribution in [0.1, 0.15) is 63.5 Å². The highest BCUT2D eigenvalue weighted by Crippen LogP contribution is 2.41. The van der Waals surface area contributed by atoms with E-state index in [2.05, 4.69) is 0 Å². The van der Waals surface area contributed by atoms with E-state index in [-0.39, 0.29) is 42.5 Å². The zero-order chi connectivity index (χ0) is 34.0. The molecule has 3 aromatic carbocycles. The SMILES string of the molecule is COCCCn1cc(CN(C(=O)C2CN(C(=O)OC(C)(C)C)CC[C@@H]2c2cc(O)cc(-c3ccccc3)c2)C2CC2)c2c(F)cccc21. The van der Waals surface area contributed by atoms with E-state index in [0.29, 0.717) is 31.5 Å². The van der Waals surface area contributed by atoms with Gasteiger partial charge in [-0.05, 0) is 98.9 Å². The van der Waals surface area contributed by atoms with Crippen molar-refractivity contribution in [3.63, 3.8) is 0 Å². The number of aromatic hydroxyl groups is 1. The second-order valence-corrected chi connectivity index (χ2v) is 14.1. The van der Waals surface area contributed by atoms with Crippen molar-refractivity contribution in [2.24, 2.45) is 5.92 Å². The fourth-order valence-corrected chi connectivity index (χ4v) is 6.99. The number of piperidine rings is 1. The molecule has 9 heteroatoms. The van der Waals surface area contributed by atoms with Crippen LogP contribution in [0.4, 0.5) is 9.18 Å². The summed E-state index contributed by atoms with van der Waals surface area (Å²) in [5, 5.41) is 11.4. The van der Waals surface area contributed by atoms with Gasteiger partial charge in [0.2, 0.25) is 5.91 Å². The summed E-state index contributed by atoms with van der Waals surface area (Å²) >= 11 is 0. The van der Waals surface area contributed by atoms with Gasteiger partial charge in [-0.2, -0.15) is 0 Å². The largest absolute Gasteiger partial charge is 0.508 e. The third kappa shape index (κ3) is 7.51. The molecular formula is C39H46FN3O5. The zero-order valence-corrected chi connectivity index (χ0v) is 28.3. The van der Waals surface area contributed by atoms with Gasteiger partial charge < -0.3 is 28.9 Å². The number of phenols is 1. The van der Waals surface area contributed by atoms with Gasteiger partial charge in [0, 0.05) is 57.5 Å². The highest BCUT2D eigenvalue weighted by molar-refractivity contribution is 5.86.